The lowest BCUT2D eigenvalue weighted by Crippen LogP contribution is -2.48. The largest absolute Gasteiger partial charge is 0.326 e. The van der Waals surface area contributed by atoms with Crippen molar-refractivity contribution < 1.29 is 4.48 Å². The van der Waals surface area contributed by atoms with E-state index in [1.54, 1.807) is 0 Å². The molecule has 20 heavy (non-hydrogen) atoms. The van der Waals surface area contributed by atoms with Gasteiger partial charge in [-0.05, 0) is 44.9 Å². The molecule has 0 aromatic rings. The lowest BCUT2D eigenvalue weighted by Gasteiger charge is -2.37. The van der Waals surface area contributed by atoms with Gasteiger partial charge in [-0.1, -0.05) is 39.0 Å². The van der Waals surface area contributed by atoms with E-state index in [1.807, 2.05) is 0 Å². The molecule has 1 rings (SSSR count). The van der Waals surface area contributed by atoms with Gasteiger partial charge in [0.05, 0.1) is 26.7 Å². The molecule has 1 nitrogen and oxygen atoms in total. The van der Waals surface area contributed by atoms with Gasteiger partial charge >= 0.3 is 0 Å². The molecule has 120 valence electrons. The van der Waals surface area contributed by atoms with Crippen molar-refractivity contribution in [2.24, 2.45) is 0 Å². The number of hydrogen-bond acceptors (Lipinski definition) is 1. The van der Waals surface area contributed by atoms with Gasteiger partial charge in [0, 0.05) is 5.25 Å². The van der Waals surface area contributed by atoms with Gasteiger partial charge in [0.15, 0.2) is 0 Å². The summed E-state index contributed by atoms with van der Waals surface area (Å²) in [6.45, 7) is 6.53. The van der Waals surface area contributed by atoms with Gasteiger partial charge < -0.3 is 4.48 Å². The van der Waals surface area contributed by atoms with Gasteiger partial charge in [0.1, 0.15) is 0 Å². The molecule has 1 unspecified atom stereocenters. The average molecular weight is 301 g/mol. The highest BCUT2D eigenvalue weighted by Gasteiger charge is 2.23. The number of thiol groups is 1. The number of nitrogens with zero attached hydrogens (tertiary/aromatic N) is 1. The van der Waals surface area contributed by atoms with Crippen LogP contribution in [0.3, 0.4) is 0 Å². The summed E-state index contributed by atoms with van der Waals surface area (Å²) < 4.78 is 1.36. The van der Waals surface area contributed by atoms with E-state index in [-0.39, 0.29) is 0 Å². The smallest absolute Gasteiger partial charge is 0.0784 e. The van der Waals surface area contributed by atoms with Crippen molar-refractivity contribution in [2.45, 2.75) is 89.2 Å². The van der Waals surface area contributed by atoms with E-state index in [1.165, 1.54) is 101 Å². The van der Waals surface area contributed by atoms with Gasteiger partial charge in [-0.2, -0.15) is 12.6 Å². The molecule has 1 aliphatic rings. The second-order valence-electron chi connectivity index (χ2n) is 7.18. The molecular weight excluding hydrogens is 262 g/mol. The van der Waals surface area contributed by atoms with Crippen LogP contribution in [-0.2, 0) is 0 Å². The van der Waals surface area contributed by atoms with Crippen LogP contribution in [0.25, 0.3) is 0 Å². The van der Waals surface area contributed by atoms with Crippen molar-refractivity contribution in [1.82, 2.24) is 0 Å². The Morgan fingerprint density at radius 2 is 1.40 bits per heavy atom. The van der Waals surface area contributed by atoms with Gasteiger partial charge in [0.25, 0.3) is 0 Å². The minimum absolute atomic E-state index is 0.643. The Morgan fingerprint density at radius 1 is 0.850 bits per heavy atom. The van der Waals surface area contributed by atoms with Crippen molar-refractivity contribution in [3.63, 3.8) is 0 Å². The summed E-state index contributed by atoms with van der Waals surface area (Å²) >= 11 is 4.56. The zero-order valence-corrected chi connectivity index (χ0v) is 15.0. The Kier molecular flexibility index (Phi) is 10.1. The molecule has 0 saturated carbocycles. The quantitative estimate of drug-likeness (QED) is 0.293. The normalized spacial score (nSPS) is 19.9. The Bertz CT molecular complexity index is 223. The highest BCUT2D eigenvalue weighted by atomic mass is 32.1. The third-order valence-electron chi connectivity index (χ3n) is 5.10. The van der Waals surface area contributed by atoms with Crippen LogP contribution >= 0.6 is 12.6 Å². The number of piperidine rings is 1. The molecule has 0 aromatic heterocycles. The molecular formula is C18H38NS+. The standard InChI is InChI=1S/C18H37NS/c1-3-18(20)14-10-7-5-4-6-8-11-15-19(2)16-12-9-13-17-19/h18H,3-17H2,1-2H3/p+1. The Labute approximate surface area is 133 Å². The third-order valence-corrected chi connectivity index (χ3v) is 5.73. The zero-order valence-electron chi connectivity index (χ0n) is 14.1. The molecule has 1 atom stereocenters. The maximum Gasteiger partial charge on any atom is 0.0784 e. The molecule has 0 radical (unpaired) electrons. The second-order valence-corrected chi connectivity index (χ2v) is 7.91. The Balaban J connectivity index is 1.85. The minimum atomic E-state index is 0.643. The fourth-order valence-electron chi connectivity index (χ4n) is 3.46. The van der Waals surface area contributed by atoms with Crippen molar-refractivity contribution in [3.05, 3.63) is 0 Å². The highest BCUT2D eigenvalue weighted by molar-refractivity contribution is 7.80. The lowest BCUT2D eigenvalue weighted by atomic mass is 10.0. The molecule has 0 aromatic carbocycles. The molecule has 0 bridgehead atoms. The molecule has 1 fully saturated rings. The van der Waals surface area contributed by atoms with Gasteiger partial charge in [-0.3, -0.25) is 0 Å². The molecule has 1 aliphatic heterocycles. The predicted molar refractivity (Wildman–Crippen MR) is 94.6 cm³/mol. The first kappa shape index (κ1) is 18.4. The maximum absolute atomic E-state index is 4.56. The fourth-order valence-corrected chi connectivity index (χ4v) is 3.64. The van der Waals surface area contributed by atoms with Crippen LogP contribution < -0.4 is 0 Å². The van der Waals surface area contributed by atoms with Gasteiger partial charge in [0.2, 0.25) is 0 Å². The van der Waals surface area contributed by atoms with E-state index >= 15 is 0 Å². The fraction of sp³-hybridized carbons (Fsp3) is 1.00. The first-order chi connectivity index (χ1) is 9.66. The highest BCUT2D eigenvalue weighted by Crippen LogP contribution is 2.18. The van der Waals surface area contributed by atoms with Crippen molar-refractivity contribution in [1.29, 1.82) is 0 Å². The summed E-state index contributed by atoms with van der Waals surface area (Å²) in [6, 6.07) is 0. The SMILES string of the molecule is CCC(S)CCCCCCCCC[N+]1(C)CCCCC1. The van der Waals surface area contributed by atoms with Crippen LogP contribution in [0, 0.1) is 0 Å². The summed E-state index contributed by atoms with van der Waals surface area (Å²) in [5.74, 6) is 0. The number of likely N-dealkylation sites (tertiary alicyclic amines) is 1. The molecule has 2 heteroatoms. The summed E-state index contributed by atoms with van der Waals surface area (Å²) in [7, 11) is 2.47. The predicted octanol–water partition coefficient (Wildman–Crippen LogP) is 5.45. The first-order valence-corrected chi connectivity index (χ1v) is 9.69. The third kappa shape index (κ3) is 8.56. The van der Waals surface area contributed by atoms with Crippen LogP contribution in [0.1, 0.15) is 84.0 Å². The van der Waals surface area contributed by atoms with Crippen LogP contribution in [0.2, 0.25) is 0 Å². The van der Waals surface area contributed by atoms with Crippen molar-refractivity contribution in [2.75, 3.05) is 26.7 Å². The van der Waals surface area contributed by atoms with Crippen molar-refractivity contribution >= 4 is 12.6 Å². The number of rotatable bonds is 11. The Morgan fingerprint density at radius 3 is 2.00 bits per heavy atom. The van der Waals surface area contributed by atoms with Crippen LogP contribution in [0.4, 0.5) is 0 Å². The molecule has 0 spiro atoms. The molecule has 1 heterocycles. The van der Waals surface area contributed by atoms with Crippen LogP contribution in [0.5, 0.6) is 0 Å². The molecule has 1 saturated heterocycles. The molecule has 0 amide bonds. The summed E-state index contributed by atoms with van der Waals surface area (Å²) in [4.78, 5) is 0. The van der Waals surface area contributed by atoms with E-state index < -0.39 is 0 Å². The van der Waals surface area contributed by atoms with Gasteiger partial charge in [-0.25, -0.2) is 0 Å². The average Bonchev–Trinajstić information content (AvgIpc) is 2.46. The number of hydrogen-bond donors (Lipinski definition) is 1. The van der Waals surface area contributed by atoms with Gasteiger partial charge in [-0.15, -0.1) is 0 Å². The summed E-state index contributed by atoms with van der Waals surface area (Å²) in [6.07, 6.45) is 17.0. The van der Waals surface area contributed by atoms with E-state index in [9.17, 15) is 0 Å². The summed E-state index contributed by atoms with van der Waals surface area (Å²) in [5, 5.41) is 0.643. The summed E-state index contributed by atoms with van der Waals surface area (Å²) in [5.41, 5.74) is 0. The minimum Gasteiger partial charge on any atom is -0.326 e. The second kappa shape index (κ2) is 11.0. The van der Waals surface area contributed by atoms with E-state index in [4.69, 9.17) is 0 Å². The zero-order chi connectivity index (χ0) is 14.7. The monoisotopic (exact) mass is 300 g/mol. The van der Waals surface area contributed by atoms with Crippen LogP contribution in [0.15, 0.2) is 0 Å². The molecule has 0 aliphatic carbocycles. The number of unbranched alkanes of at least 4 members (excludes halogenated alkanes) is 6. The number of quaternary nitrogens is 1. The maximum atomic E-state index is 4.56. The van der Waals surface area contributed by atoms with Crippen molar-refractivity contribution in [3.8, 4) is 0 Å². The van der Waals surface area contributed by atoms with E-state index in [0.717, 1.165) is 0 Å². The topological polar surface area (TPSA) is 0 Å². The molecule has 0 N–H and O–H groups in total. The Hall–Kier alpha value is 0.310. The van der Waals surface area contributed by atoms with E-state index in [0.29, 0.717) is 5.25 Å². The van der Waals surface area contributed by atoms with E-state index in [2.05, 4.69) is 26.6 Å². The van der Waals surface area contributed by atoms with Crippen LogP contribution in [-0.4, -0.2) is 36.4 Å². The first-order valence-electron chi connectivity index (χ1n) is 9.18. The lowest BCUT2D eigenvalue weighted by molar-refractivity contribution is -0.914.